The first kappa shape index (κ1) is 13.2. The number of nitrogens with zero attached hydrogens (tertiary/aromatic N) is 2. The fourth-order valence-electron chi connectivity index (χ4n) is 1.63. The first-order valence-corrected chi connectivity index (χ1v) is 5.78. The summed E-state index contributed by atoms with van der Waals surface area (Å²) in [6.07, 6.45) is 6.63. The van der Waals surface area contributed by atoms with E-state index in [2.05, 4.69) is 10.4 Å². The summed E-state index contributed by atoms with van der Waals surface area (Å²) in [4.78, 5) is 4.28. The molecule has 1 aromatic rings. The molecule has 0 aliphatic carbocycles. The van der Waals surface area contributed by atoms with Crippen molar-refractivity contribution in [1.29, 1.82) is 0 Å². The minimum absolute atomic E-state index is 0.265. The average Bonchev–Trinajstić information content (AvgIpc) is 2.68. The summed E-state index contributed by atoms with van der Waals surface area (Å²) in [5.41, 5.74) is 2.84. The summed E-state index contributed by atoms with van der Waals surface area (Å²) < 4.78 is 7.32. The average molecular weight is 226 g/mol. The molecule has 0 saturated heterocycles. The second-order valence-corrected chi connectivity index (χ2v) is 3.86. The summed E-state index contributed by atoms with van der Waals surface area (Å²) in [6.45, 7) is 3.59. The van der Waals surface area contributed by atoms with E-state index in [1.807, 2.05) is 30.9 Å². The molecule has 1 unspecified atom stereocenters. The van der Waals surface area contributed by atoms with Crippen molar-refractivity contribution >= 4 is 0 Å². The molecule has 0 radical (unpaired) electrons. The molecule has 3 N–H and O–H groups in total. The van der Waals surface area contributed by atoms with Gasteiger partial charge >= 0.3 is 0 Å². The molecule has 0 saturated carbocycles. The lowest BCUT2D eigenvalue weighted by Crippen LogP contribution is -2.37. The molecular formula is C11H22N4O. The van der Waals surface area contributed by atoms with E-state index in [9.17, 15) is 0 Å². The highest BCUT2D eigenvalue weighted by Crippen LogP contribution is 2.05. The Morgan fingerprint density at radius 1 is 1.62 bits per heavy atom. The van der Waals surface area contributed by atoms with Crippen molar-refractivity contribution in [3.05, 3.63) is 18.2 Å². The van der Waals surface area contributed by atoms with E-state index < -0.39 is 0 Å². The molecule has 0 spiro atoms. The maximum absolute atomic E-state index is 5.53. The molecule has 0 aliphatic heterocycles. The fraction of sp³-hybridized carbons (Fsp3) is 0.727. The maximum atomic E-state index is 5.53. The van der Waals surface area contributed by atoms with Crippen LogP contribution < -0.4 is 11.3 Å². The van der Waals surface area contributed by atoms with Gasteiger partial charge in [0.25, 0.3) is 0 Å². The highest BCUT2D eigenvalue weighted by molar-refractivity contribution is 4.94. The van der Waals surface area contributed by atoms with Crippen LogP contribution in [0.5, 0.6) is 0 Å². The van der Waals surface area contributed by atoms with Crippen molar-refractivity contribution in [1.82, 2.24) is 15.0 Å². The second kappa shape index (κ2) is 7.38. The number of nitrogens with one attached hydrogen (secondary N) is 1. The van der Waals surface area contributed by atoms with Gasteiger partial charge in [0.15, 0.2) is 0 Å². The molecular weight excluding hydrogens is 204 g/mol. The minimum atomic E-state index is 0.265. The monoisotopic (exact) mass is 226 g/mol. The lowest BCUT2D eigenvalue weighted by molar-refractivity contribution is 0.140. The van der Waals surface area contributed by atoms with Gasteiger partial charge in [-0.2, -0.15) is 0 Å². The van der Waals surface area contributed by atoms with Crippen LogP contribution in [0.15, 0.2) is 12.4 Å². The highest BCUT2D eigenvalue weighted by Gasteiger charge is 2.10. The van der Waals surface area contributed by atoms with Crippen LogP contribution in [0.3, 0.4) is 0 Å². The molecule has 1 aromatic heterocycles. The summed E-state index contributed by atoms with van der Waals surface area (Å²) in [6, 6.07) is 0.265. The van der Waals surface area contributed by atoms with E-state index in [1.54, 1.807) is 0 Å². The van der Waals surface area contributed by atoms with Crippen molar-refractivity contribution in [2.24, 2.45) is 12.9 Å². The van der Waals surface area contributed by atoms with Gasteiger partial charge < -0.3 is 9.30 Å². The summed E-state index contributed by atoms with van der Waals surface area (Å²) >= 11 is 0. The van der Waals surface area contributed by atoms with Gasteiger partial charge in [0.2, 0.25) is 0 Å². The molecule has 1 rings (SSSR count). The molecule has 5 nitrogen and oxygen atoms in total. The normalized spacial score (nSPS) is 12.9. The molecule has 92 valence electrons. The lowest BCUT2D eigenvalue weighted by Gasteiger charge is -2.15. The topological polar surface area (TPSA) is 65.1 Å². The second-order valence-electron chi connectivity index (χ2n) is 3.86. The van der Waals surface area contributed by atoms with Gasteiger partial charge in [-0.25, -0.2) is 4.98 Å². The van der Waals surface area contributed by atoms with Crippen LogP contribution in [0.4, 0.5) is 0 Å². The van der Waals surface area contributed by atoms with Gasteiger partial charge in [-0.15, -0.1) is 0 Å². The largest absolute Gasteiger partial charge is 0.382 e. The van der Waals surface area contributed by atoms with Gasteiger partial charge in [-0.1, -0.05) is 0 Å². The summed E-state index contributed by atoms with van der Waals surface area (Å²) in [5, 5.41) is 0. The number of nitrogens with two attached hydrogens (primary N) is 1. The predicted molar refractivity (Wildman–Crippen MR) is 63.8 cm³/mol. The Kier molecular flexibility index (Phi) is 6.07. The maximum Gasteiger partial charge on any atom is 0.109 e. The molecule has 0 bridgehead atoms. The molecule has 1 atom stereocenters. The van der Waals surface area contributed by atoms with Gasteiger partial charge in [0.1, 0.15) is 5.82 Å². The number of rotatable bonds is 8. The number of hydrogen-bond acceptors (Lipinski definition) is 4. The third-order valence-corrected chi connectivity index (χ3v) is 2.63. The first-order chi connectivity index (χ1) is 7.77. The number of imidazole rings is 1. The minimum Gasteiger partial charge on any atom is -0.382 e. The van der Waals surface area contributed by atoms with E-state index in [4.69, 9.17) is 10.6 Å². The molecule has 1 heterocycles. The van der Waals surface area contributed by atoms with E-state index in [0.717, 1.165) is 38.3 Å². The predicted octanol–water partition coefficient (Wildman–Crippen LogP) is 0.611. The van der Waals surface area contributed by atoms with Gasteiger partial charge in [-0.3, -0.25) is 11.3 Å². The van der Waals surface area contributed by atoms with E-state index >= 15 is 0 Å². The van der Waals surface area contributed by atoms with Crippen molar-refractivity contribution < 1.29 is 4.74 Å². The third-order valence-electron chi connectivity index (χ3n) is 2.63. The zero-order valence-corrected chi connectivity index (χ0v) is 10.1. The van der Waals surface area contributed by atoms with Crippen LogP contribution in [0.25, 0.3) is 0 Å². The highest BCUT2D eigenvalue weighted by atomic mass is 16.5. The summed E-state index contributed by atoms with van der Waals surface area (Å²) in [7, 11) is 2.00. The number of hydrogen-bond donors (Lipinski definition) is 2. The smallest absolute Gasteiger partial charge is 0.109 e. The molecule has 0 fully saturated rings. The van der Waals surface area contributed by atoms with Crippen molar-refractivity contribution in [3.8, 4) is 0 Å². The Hall–Kier alpha value is -0.910. The number of ether oxygens (including phenoxy) is 1. The third kappa shape index (κ3) is 4.30. The van der Waals surface area contributed by atoms with Crippen molar-refractivity contribution in [2.45, 2.75) is 32.2 Å². The quantitative estimate of drug-likeness (QED) is 0.387. The van der Waals surface area contributed by atoms with E-state index in [0.29, 0.717) is 0 Å². The van der Waals surface area contributed by atoms with E-state index in [-0.39, 0.29) is 6.04 Å². The van der Waals surface area contributed by atoms with Crippen LogP contribution >= 0.6 is 0 Å². The van der Waals surface area contributed by atoms with Gasteiger partial charge in [0, 0.05) is 45.1 Å². The first-order valence-electron chi connectivity index (χ1n) is 5.78. The Bertz CT molecular complexity index is 287. The van der Waals surface area contributed by atoms with Crippen LogP contribution in [-0.4, -0.2) is 28.8 Å². The van der Waals surface area contributed by atoms with Gasteiger partial charge in [0.05, 0.1) is 0 Å². The lowest BCUT2D eigenvalue weighted by atomic mass is 10.1. The zero-order chi connectivity index (χ0) is 11.8. The van der Waals surface area contributed by atoms with Crippen LogP contribution in [0, 0.1) is 0 Å². The van der Waals surface area contributed by atoms with Crippen molar-refractivity contribution in [2.75, 3.05) is 13.2 Å². The molecule has 0 aliphatic rings. The zero-order valence-electron chi connectivity index (χ0n) is 10.1. The Morgan fingerprint density at radius 2 is 2.44 bits per heavy atom. The van der Waals surface area contributed by atoms with Crippen molar-refractivity contribution in [3.63, 3.8) is 0 Å². The van der Waals surface area contributed by atoms with Crippen LogP contribution in [0.2, 0.25) is 0 Å². The van der Waals surface area contributed by atoms with E-state index in [1.165, 1.54) is 0 Å². The Morgan fingerprint density at radius 3 is 3.00 bits per heavy atom. The van der Waals surface area contributed by atoms with Crippen LogP contribution in [-0.2, 0) is 18.2 Å². The standard InChI is InChI=1S/C11H22N4O/c1-3-16-8-4-5-10(14-12)9-11-13-6-7-15(11)2/h6-7,10,14H,3-5,8-9,12H2,1-2H3. The molecule has 0 aromatic carbocycles. The Labute approximate surface area is 97.0 Å². The summed E-state index contributed by atoms with van der Waals surface area (Å²) in [5.74, 6) is 6.58. The van der Waals surface area contributed by atoms with Crippen LogP contribution in [0.1, 0.15) is 25.6 Å². The number of hydrazine groups is 1. The molecule has 0 amide bonds. The van der Waals surface area contributed by atoms with Gasteiger partial charge in [-0.05, 0) is 19.8 Å². The molecule has 5 heteroatoms. The number of aromatic nitrogens is 2. The SMILES string of the molecule is CCOCCCC(Cc1nccn1C)NN. The molecule has 16 heavy (non-hydrogen) atoms. The number of aryl methyl sites for hydroxylation is 1. The fourth-order valence-corrected chi connectivity index (χ4v) is 1.63. The Balaban J connectivity index is 2.29.